The maximum Gasteiger partial charge on any atom is 0.0843 e. The molecule has 0 aromatic heterocycles. The Morgan fingerprint density at radius 3 is 2.44 bits per heavy atom. The van der Waals surface area contributed by atoms with Gasteiger partial charge in [0.25, 0.3) is 0 Å². The number of ether oxygens (including phenoxy) is 1. The molecule has 2 aliphatic heterocycles. The van der Waals surface area contributed by atoms with Gasteiger partial charge in [-0.05, 0) is 32.9 Å². The molecular weight excluding hydrogens is 220 g/mol. The van der Waals surface area contributed by atoms with Crippen LogP contribution in [0.1, 0.15) is 26.7 Å². The molecule has 0 radical (unpaired) electrons. The van der Waals surface area contributed by atoms with Crippen molar-refractivity contribution < 1.29 is 4.74 Å². The Bertz CT molecular complexity index is 227. The number of nitrogens with zero attached hydrogens (tertiary/aromatic N) is 2. The highest BCUT2D eigenvalue weighted by atomic mass is 32.2. The highest BCUT2D eigenvalue weighted by Crippen LogP contribution is 2.32. The average molecular weight is 244 g/mol. The maximum atomic E-state index is 6.08. The van der Waals surface area contributed by atoms with Crippen molar-refractivity contribution in [1.29, 1.82) is 0 Å². The van der Waals surface area contributed by atoms with Crippen molar-refractivity contribution >= 4 is 11.9 Å². The lowest BCUT2D eigenvalue weighted by Crippen LogP contribution is -2.56. The molecule has 0 aromatic rings. The van der Waals surface area contributed by atoms with Crippen LogP contribution in [0.5, 0.6) is 0 Å². The normalized spacial score (nSPS) is 27.8. The van der Waals surface area contributed by atoms with E-state index in [4.69, 9.17) is 4.74 Å². The SMILES string of the molecule is CSN1CCOC2(CCN(C(C)C)CC2)C1. The number of likely N-dealkylation sites (tertiary alicyclic amines) is 1. The van der Waals surface area contributed by atoms with Crippen LogP contribution in [0, 0.1) is 0 Å². The van der Waals surface area contributed by atoms with Gasteiger partial charge in [0.2, 0.25) is 0 Å². The molecule has 2 fully saturated rings. The Morgan fingerprint density at radius 1 is 1.19 bits per heavy atom. The first-order valence-electron chi connectivity index (χ1n) is 6.32. The van der Waals surface area contributed by atoms with E-state index in [1.54, 1.807) is 0 Å². The Hall–Kier alpha value is 0.230. The van der Waals surface area contributed by atoms with Crippen LogP contribution >= 0.6 is 11.9 Å². The third kappa shape index (κ3) is 2.73. The van der Waals surface area contributed by atoms with Crippen LogP contribution in [-0.2, 0) is 4.74 Å². The fraction of sp³-hybridized carbons (Fsp3) is 1.00. The molecule has 0 N–H and O–H groups in total. The molecule has 4 heteroatoms. The topological polar surface area (TPSA) is 15.7 Å². The quantitative estimate of drug-likeness (QED) is 0.689. The van der Waals surface area contributed by atoms with E-state index in [-0.39, 0.29) is 5.60 Å². The lowest BCUT2D eigenvalue weighted by atomic mass is 9.89. The molecule has 0 amide bonds. The summed E-state index contributed by atoms with van der Waals surface area (Å²) < 4.78 is 8.54. The molecule has 0 aliphatic carbocycles. The molecule has 2 saturated heterocycles. The van der Waals surface area contributed by atoms with Crippen molar-refractivity contribution in [3.8, 4) is 0 Å². The van der Waals surface area contributed by atoms with Crippen LogP contribution in [-0.4, -0.2) is 59.9 Å². The highest BCUT2D eigenvalue weighted by molar-refractivity contribution is 7.96. The molecule has 0 unspecified atom stereocenters. The summed E-state index contributed by atoms with van der Waals surface area (Å²) in [5.74, 6) is 0. The van der Waals surface area contributed by atoms with Crippen molar-refractivity contribution in [2.24, 2.45) is 0 Å². The molecule has 0 atom stereocenters. The van der Waals surface area contributed by atoms with Crippen LogP contribution in [0.2, 0.25) is 0 Å². The Balaban J connectivity index is 1.90. The van der Waals surface area contributed by atoms with E-state index in [0.29, 0.717) is 6.04 Å². The van der Waals surface area contributed by atoms with Gasteiger partial charge in [-0.1, -0.05) is 11.9 Å². The van der Waals surface area contributed by atoms with E-state index in [0.717, 1.165) is 19.7 Å². The van der Waals surface area contributed by atoms with Gasteiger partial charge in [-0.3, -0.25) is 0 Å². The molecular formula is C12H24N2OS. The van der Waals surface area contributed by atoms with Gasteiger partial charge >= 0.3 is 0 Å². The highest BCUT2D eigenvalue weighted by Gasteiger charge is 2.39. The molecule has 3 nitrogen and oxygen atoms in total. The number of morpholine rings is 1. The van der Waals surface area contributed by atoms with E-state index in [1.807, 2.05) is 11.9 Å². The summed E-state index contributed by atoms with van der Waals surface area (Å²) >= 11 is 1.86. The second-order valence-electron chi connectivity index (χ2n) is 5.21. The van der Waals surface area contributed by atoms with Crippen molar-refractivity contribution in [3.05, 3.63) is 0 Å². The minimum absolute atomic E-state index is 0.159. The van der Waals surface area contributed by atoms with E-state index in [9.17, 15) is 0 Å². The summed E-state index contributed by atoms with van der Waals surface area (Å²) in [4.78, 5) is 2.56. The van der Waals surface area contributed by atoms with Crippen molar-refractivity contribution in [3.63, 3.8) is 0 Å². The first-order valence-corrected chi connectivity index (χ1v) is 7.50. The third-order valence-corrected chi connectivity index (χ3v) is 4.74. The lowest BCUT2D eigenvalue weighted by molar-refractivity contribution is -0.120. The molecule has 16 heavy (non-hydrogen) atoms. The molecule has 2 heterocycles. The Kier molecular flexibility index (Phi) is 4.16. The predicted molar refractivity (Wildman–Crippen MR) is 69.7 cm³/mol. The standard InChI is InChI=1S/C12H24N2OS/c1-11(2)13-6-4-12(5-7-13)10-14(16-3)8-9-15-12/h11H,4-10H2,1-3H3. The van der Waals surface area contributed by atoms with E-state index in [2.05, 4.69) is 29.3 Å². The van der Waals surface area contributed by atoms with Gasteiger partial charge in [-0.2, -0.15) is 0 Å². The molecule has 2 rings (SSSR count). The largest absolute Gasteiger partial charge is 0.372 e. The predicted octanol–water partition coefficient (Wildman–Crippen LogP) is 1.84. The summed E-state index contributed by atoms with van der Waals surface area (Å²) in [5.41, 5.74) is 0.159. The van der Waals surface area contributed by atoms with Crippen LogP contribution in [0.3, 0.4) is 0 Å². The second kappa shape index (κ2) is 5.25. The summed E-state index contributed by atoms with van der Waals surface area (Å²) in [5, 5.41) is 0. The van der Waals surface area contributed by atoms with Gasteiger partial charge in [0.15, 0.2) is 0 Å². The summed E-state index contributed by atoms with van der Waals surface area (Å²) in [6, 6.07) is 0.678. The van der Waals surface area contributed by atoms with Crippen LogP contribution in [0.4, 0.5) is 0 Å². The molecule has 2 aliphatic rings. The van der Waals surface area contributed by atoms with Crippen molar-refractivity contribution in [2.75, 3.05) is 39.0 Å². The monoisotopic (exact) mass is 244 g/mol. The smallest absolute Gasteiger partial charge is 0.0843 e. The zero-order chi connectivity index (χ0) is 11.6. The minimum atomic E-state index is 0.159. The summed E-state index contributed by atoms with van der Waals surface area (Å²) in [7, 11) is 0. The fourth-order valence-corrected chi connectivity index (χ4v) is 3.34. The van der Waals surface area contributed by atoms with Gasteiger partial charge in [0, 0.05) is 32.2 Å². The average Bonchev–Trinajstić information content (AvgIpc) is 2.29. The van der Waals surface area contributed by atoms with Crippen LogP contribution in [0.15, 0.2) is 0 Å². The zero-order valence-corrected chi connectivity index (χ0v) is 11.6. The first kappa shape index (κ1) is 12.7. The van der Waals surface area contributed by atoms with Crippen LogP contribution in [0.25, 0.3) is 0 Å². The Labute approximate surface area is 104 Å². The fourth-order valence-electron chi connectivity index (χ4n) is 2.72. The van der Waals surface area contributed by atoms with Gasteiger partial charge < -0.3 is 9.64 Å². The van der Waals surface area contributed by atoms with Gasteiger partial charge in [-0.15, -0.1) is 0 Å². The van der Waals surface area contributed by atoms with Gasteiger partial charge in [0.1, 0.15) is 0 Å². The van der Waals surface area contributed by atoms with Gasteiger partial charge in [0.05, 0.1) is 12.2 Å². The molecule has 0 aromatic carbocycles. The second-order valence-corrected chi connectivity index (χ2v) is 6.09. The van der Waals surface area contributed by atoms with E-state index >= 15 is 0 Å². The maximum absolute atomic E-state index is 6.08. The van der Waals surface area contributed by atoms with E-state index < -0.39 is 0 Å². The number of piperidine rings is 1. The summed E-state index contributed by atoms with van der Waals surface area (Å²) in [6.45, 7) is 10.1. The third-order valence-electron chi connectivity index (χ3n) is 3.91. The first-order chi connectivity index (χ1) is 7.65. The number of hydrogen-bond donors (Lipinski definition) is 0. The molecule has 0 saturated carbocycles. The van der Waals surface area contributed by atoms with Crippen LogP contribution < -0.4 is 0 Å². The van der Waals surface area contributed by atoms with Crippen molar-refractivity contribution in [2.45, 2.75) is 38.3 Å². The minimum Gasteiger partial charge on any atom is -0.372 e. The van der Waals surface area contributed by atoms with Gasteiger partial charge in [-0.25, -0.2) is 4.31 Å². The van der Waals surface area contributed by atoms with Crippen molar-refractivity contribution in [1.82, 2.24) is 9.21 Å². The number of hydrogen-bond acceptors (Lipinski definition) is 4. The zero-order valence-electron chi connectivity index (χ0n) is 10.7. The molecule has 94 valence electrons. The van der Waals surface area contributed by atoms with E-state index in [1.165, 1.54) is 25.9 Å². The molecule has 1 spiro atoms. The molecule has 0 bridgehead atoms. The lowest BCUT2D eigenvalue weighted by Gasteiger charge is -2.47. The summed E-state index contributed by atoms with van der Waals surface area (Å²) in [6.07, 6.45) is 4.56. The Morgan fingerprint density at radius 2 is 1.88 bits per heavy atom. The number of rotatable bonds is 2.